The van der Waals surface area contributed by atoms with E-state index in [9.17, 15) is 9.18 Å². The molecule has 0 spiro atoms. The van der Waals surface area contributed by atoms with Crippen LogP contribution in [-0.2, 0) is 4.79 Å². The maximum atomic E-state index is 13.6. The van der Waals surface area contributed by atoms with E-state index in [1.807, 2.05) is 0 Å². The van der Waals surface area contributed by atoms with Crippen LogP contribution in [0.1, 0.15) is 18.5 Å². The smallest absolute Gasteiger partial charge is 0.255 e. The summed E-state index contributed by atoms with van der Waals surface area (Å²) in [5, 5.41) is 9.56. The van der Waals surface area contributed by atoms with Gasteiger partial charge in [-0.3, -0.25) is 4.79 Å². The van der Waals surface area contributed by atoms with E-state index < -0.39 is 6.04 Å². The highest BCUT2D eigenvalue weighted by Gasteiger charge is 2.30. The highest BCUT2D eigenvalue weighted by Crippen LogP contribution is 2.29. The van der Waals surface area contributed by atoms with Crippen LogP contribution >= 0.6 is 23.8 Å². The van der Waals surface area contributed by atoms with Crippen molar-refractivity contribution in [3.05, 3.63) is 76.2 Å². The minimum absolute atomic E-state index is 0.345. The lowest BCUT2D eigenvalue weighted by Crippen LogP contribution is -2.45. The number of thiocarbonyl (C=S) groups is 1. The molecular formula is C18H15ClFN3OS. The molecule has 0 bridgehead atoms. The zero-order valence-electron chi connectivity index (χ0n) is 13.3. The average molecular weight is 376 g/mol. The van der Waals surface area contributed by atoms with E-state index in [2.05, 4.69) is 16.0 Å². The number of hydrogen-bond donors (Lipinski definition) is 3. The number of para-hydroxylation sites is 1. The Morgan fingerprint density at radius 2 is 2.00 bits per heavy atom. The zero-order chi connectivity index (χ0) is 18.0. The predicted octanol–water partition coefficient (Wildman–Crippen LogP) is 3.91. The van der Waals surface area contributed by atoms with Crippen LogP contribution in [0.3, 0.4) is 0 Å². The molecule has 1 aliphatic heterocycles. The van der Waals surface area contributed by atoms with Gasteiger partial charge in [-0.2, -0.15) is 0 Å². The standard InChI is InChI=1S/C18H15ClFN3OS/c1-10-15(17(24)22-14-8-3-2-7-13(14)19)16(23-18(25)21-10)11-5-4-6-12(20)9-11/h2-9,16H,1H3,(H,22,24)(H2,21,23,25)/t16-/m0/s1. The molecule has 1 atom stereocenters. The van der Waals surface area contributed by atoms with Crippen LogP contribution < -0.4 is 16.0 Å². The minimum Gasteiger partial charge on any atom is -0.351 e. The number of halogens is 2. The van der Waals surface area contributed by atoms with Gasteiger partial charge in [0.25, 0.3) is 5.91 Å². The van der Waals surface area contributed by atoms with E-state index in [0.29, 0.717) is 32.7 Å². The maximum Gasteiger partial charge on any atom is 0.255 e. The molecule has 0 aliphatic carbocycles. The second-order valence-electron chi connectivity index (χ2n) is 5.56. The summed E-state index contributed by atoms with van der Waals surface area (Å²) in [6.07, 6.45) is 0. The highest BCUT2D eigenvalue weighted by atomic mass is 35.5. The molecule has 0 unspecified atom stereocenters. The summed E-state index contributed by atoms with van der Waals surface area (Å²) in [7, 11) is 0. The minimum atomic E-state index is -0.563. The molecule has 3 N–H and O–H groups in total. The fraction of sp³-hybridized carbons (Fsp3) is 0.111. The van der Waals surface area contributed by atoms with E-state index in [1.54, 1.807) is 43.3 Å². The third kappa shape index (κ3) is 3.81. The van der Waals surface area contributed by atoms with Gasteiger partial charge in [-0.1, -0.05) is 35.9 Å². The van der Waals surface area contributed by atoms with Crippen molar-refractivity contribution in [3.8, 4) is 0 Å². The molecule has 1 aliphatic rings. The summed E-state index contributed by atoms with van der Waals surface area (Å²) >= 11 is 11.3. The predicted molar refractivity (Wildman–Crippen MR) is 101 cm³/mol. The molecule has 0 saturated heterocycles. The Morgan fingerprint density at radius 1 is 1.24 bits per heavy atom. The Labute approximate surface area is 155 Å². The monoisotopic (exact) mass is 375 g/mol. The SMILES string of the molecule is CC1=C(C(=O)Nc2ccccc2Cl)[C@H](c2cccc(F)c2)NC(=S)N1. The largest absolute Gasteiger partial charge is 0.351 e. The Morgan fingerprint density at radius 3 is 2.72 bits per heavy atom. The lowest BCUT2D eigenvalue weighted by atomic mass is 9.95. The molecule has 7 heteroatoms. The summed E-state index contributed by atoms with van der Waals surface area (Å²) < 4.78 is 13.6. The normalized spacial score (nSPS) is 16.9. The van der Waals surface area contributed by atoms with Crippen molar-refractivity contribution in [2.45, 2.75) is 13.0 Å². The highest BCUT2D eigenvalue weighted by molar-refractivity contribution is 7.80. The number of hydrogen-bond acceptors (Lipinski definition) is 2. The number of nitrogens with one attached hydrogen (secondary N) is 3. The van der Waals surface area contributed by atoms with Crippen LogP contribution in [0.5, 0.6) is 0 Å². The molecule has 1 heterocycles. The summed E-state index contributed by atoms with van der Waals surface area (Å²) in [6.45, 7) is 1.75. The van der Waals surface area contributed by atoms with Crippen LogP contribution in [0.15, 0.2) is 59.8 Å². The molecule has 128 valence electrons. The zero-order valence-corrected chi connectivity index (χ0v) is 14.8. The van der Waals surface area contributed by atoms with Crippen molar-refractivity contribution in [2.24, 2.45) is 0 Å². The van der Waals surface area contributed by atoms with Gasteiger partial charge < -0.3 is 16.0 Å². The van der Waals surface area contributed by atoms with Crippen molar-refractivity contribution in [1.82, 2.24) is 10.6 Å². The van der Waals surface area contributed by atoms with Crippen molar-refractivity contribution >= 4 is 40.5 Å². The lowest BCUT2D eigenvalue weighted by molar-refractivity contribution is -0.113. The summed E-state index contributed by atoms with van der Waals surface area (Å²) in [5.74, 6) is -0.727. The number of carbonyl (C=O) groups is 1. The topological polar surface area (TPSA) is 53.2 Å². The molecule has 2 aromatic carbocycles. The first-order valence-electron chi connectivity index (χ1n) is 7.55. The molecule has 2 aromatic rings. The van der Waals surface area contributed by atoms with E-state index in [1.165, 1.54) is 12.1 Å². The second kappa shape index (κ2) is 7.21. The Hall–Kier alpha value is -2.44. The number of amides is 1. The van der Waals surface area contributed by atoms with Crippen LogP contribution in [0.2, 0.25) is 5.02 Å². The Bertz CT molecular complexity index is 884. The average Bonchev–Trinajstić information content (AvgIpc) is 2.56. The van der Waals surface area contributed by atoms with E-state index in [-0.39, 0.29) is 11.7 Å². The molecule has 25 heavy (non-hydrogen) atoms. The van der Waals surface area contributed by atoms with Gasteiger partial charge in [0.1, 0.15) is 5.82 Å². The first-order valence-corrected chi connectivity index (χ1v) is 8.34. The Kier molecular flexibility index (Phi) is 5.01. The molecule has 3 rings (SSSR count). The third-order valence-electron chi connectivity index (χ3n) is 3.82. The maximum absolute atomic E-state index is 13.6. The number of carbonyl (C=O) groups excluding carboxylic acids is 1. The fourth-order valence-corrected chi connectivity index (χ4v) is 3.14. The van der Waals surface area contributed by atoms with Crippen LogP contribution in [0.25, 0.3) is 0 Å². The lowest BCUT2D eigenvalue weighted by Gasteiger charge is -2.30. The van der Waals surface area contributed by atoms with Crippen LogP contribution in [0, 0.1) is 5.82 Å². The van der Waals surface area contributed by atoms with Gasteiger partial charge >= 0.3 is 0 Å². The fourth-order valence-electron chi connectivity index (χ4n) is 2.68. The van der Waals surface area contributed by atoms with Gasteiger partial charge in [0, 0.05) is 5.70 Å². The molecular weight excluding hydrogens is 361 g/mol. The van der Waals surface area contributed by atoms with Crippen LogP contribution in [-0.4, -0.2) is 11.0 Å². The Balaban J connectivity index is 1.97. The number of benzene rings is 2. The molecule has 0 fully saturated rings. The second-order valence-corrected chi connectivity index (χ2v) is 6.37. The first kappa shape index (κ1) is 17.4. The first-order chi connectivity index (χ1) is 12.0. The molecule has 1 amide bonds. The number of anilines is 1. The van der Waals surface area contributed by atoms with Gasteiger partial charge in [-0.05, 0) is 49.0 Å². The van der Waals surface area contributed by atoms with Crippen molar-refractivity contribution in [3.63, 3.8) is 0 Å². The van der Waals surface area contributed by atoms with E-state index in [0.717, 1.165) is 0 Å². The number of allylic oxidation sites excluding steroid dienone is 1. The van der Waals surface area contributed by atoms with Gasteiger partial charge in [0.15, 0.2) is 5.11 Å². The van der Waals surface area contributed by atoms with Gasteiger partial charge in [0.05, 0.1) is 22.3 Å². The molecule has 4 nitrogen and oxygen atoms in total. The van der Waals surface area contributed by atoms with E-state index in [4.69, 9.17) is 23.8 Å². The van der Waals surface area contributed by atoms with Crippen LogP contribution in [0.4, 0.5) is 10.1 Å². The molecule has 0 saturated carbocycles. The van der Waals surface area contributed by atoms with Gasteiger partial charge in [0.2, 0.25) is 0 Å². The number of rotatable bonds is 3. The third-order valence-corrected chi connectivity index (χ3v) is 4.37. The summed E-state index contributed by atoms with van der Waals surface area (Å²) in [6, 6.07) is 12.5. The van der Waals surface area contributed by atoms with Crippen molar-refractivity contribution < 1.29 is 9.18 Å². The van der Waals surface area contributed by atoms with Gasteiger partial charge in [-0.15, -0.1) is 0 Å². The molecule has 0 aromatic heterocycles. The van der Waals surface area contributed by atoms with Crippen molar-refractivity contribution in [2.75, 3.05) is 5.32 Å². The van der Waals surface area contributed by atoms with Crippen molar-refractivity contribution in [1.29, 1.82) is 0 Å². The molecule has 0 radical (unpaired) electrons. The quantitative estimate of drug-likeness (QED) is 0.712. The van der Waals surface area contributed by atoms with Gasteiger partial charge in [-0.25, -0.2) is 4.39 Å². The summed E-state index contributed by atoms with van der Waals surface area (Å²) in [5.41, 5.74) is 2.12. The summed E-state index contributed by atoms with van der Waals surface area (Å²) in [4.78, 5) is 12.9. The van der Waals surface area contributed by atoms with E-state index >= 15 is 0 Å².